The lowest BCUT2D eigenvalue weighted by atomic mass is 9.92. The summed E-state index contributed by atoms with van der Waals surface area (Å²) in [5.74, 6) is 1.05. The van der Waals surface area contributed by atoms with Crippen molar-refractivity contribution in [1.29, 1.82) is 0 Å². The van der Waals surface area contributed by atoms with Crippen molar-refractivity contribution in [1.82, 2.24) is 0 Å². The van der Waals surface area contributed by atoms with E-state index in [-0.39, 0.29) is 43.0 Å². The van der Waals surface area contributed by atoms with Crippen LogP contribution < -0.4 is 19.3 Å². The maximum absolute atomic E-state index is 14.1. The highest BCUT2D eigenvalue weighted by atomic mass is 16.5. The second-order valence-corrected chi connectivity index (χ2v) is 11.7. The van der Waals surface area contributed by atoms with Crippen molar-refractivity contribution in [3.05, 3.63) is 119 Å². The zero-order chi connectivity index (χ0) is 30.8. The van der Waals surface area contributed by atoms with Crippen LogP contribution in [-0.2, 0) is 16.1 Å². The van der Waals surface area contributed by atoms with E-state index in [1.165, 1.54) is 0 Å². The molecule has 2 heterocycles. The molecule has 2 aliphatic rings. The molecule has 0 N–H and O–H groups in total. The van der Waals surface area contributed by atoms with Gasteiger partial charge in [0, 0.05) is 30.3 Å². The van der Waals surface area contributed by atoms with Crippen molar-refractivity contribution in [3.8, 4) is 11.5 Å². The molecule has 4 aromatic rings. The van der Waals surface area contributed by atoms with Crippen LogP contribution in [0.5, 0.6) is 11.5 Å². The molecule has 2 unspecified atom stereocenters. The number of hydrogen-bond acceptors (Lipinski definition) is 6. The molecule has 1 amide bonds. The van der Waals surface area contributed by atoms with Crippen LogP contribution in [0.3, 0.4) is 0 Å². The van der Waals surface area contributed by atoms with E-state index in [9.17, 15) is 9.59 Å². The molecule has 7 heteroatoms. The summed E-state index contributed by atoms with van der Waals surface area (Å²) in [7, 11) is 2.06. The van der Waals surface area contributed by atoms with E-state index in [1.54, 1.807) is 0 Å². The number of rotatable bonds is 8. The Balaban J connectivity index is 1.15. The molecular formula is C37H38N2O5. The minimum atomic E-state index is -0.278. The second-order valence-electron chi connectivity index (χ2n) is 11.7. The highest BCUT2D eigenvalue weighted by Gasteiger charge is 2.40. The number of carbonyl (C=O) groups excluding carboxylic acids is 2. The minimum Gasteiger partial charge on any atom is -0.489 e. The number of esters is 1. The molecule has 0 bridgehead atoms. The van der Waals surface area contributed by atoms with Gasteiger partial charge in [-0.25, -0.2) is 0 Å². The van der Waals surface area contributed by atoms with E-state index in [0.717, 1.165) is 51.7 Å². The van der Waals surface area contributed by atoms with E-state index in [1.807, 2.05) is 111 Å². The van der Waals surface area contributed by atoms with Crippen molar-refractivity contribution in [3.63, 3.8) is 0 Å². The van der Waals surface area contributed by atoms with Gasteiger partial charge in [-0.1, -0.05) is 60.7 Å². The molecule has 0 saturated heterocycles. The Morgan fingerprint density at radius 2 is 1.57 bits per heavy atom. The largest absolute Gasteiger partial charge is 0.489 e. The van der Waals surface area contributed by atoms with Gasteiger partial charge in [0.25, 0.3) is 5.91 Å². The molecule has 2 aliphatic heterocycles. The molecule has 4 aromatic carbocycles. The summed E-state index contributed by atoms with van der Waals surface area (Å²) >= 11 is 0. The highest BCUT2D eigenvalue weighted by molar-refractivity contribution is 6.09. The Bertz CT molecular complexity index is 1670. The average molecular weight is 591 g/mol. The first-order valence-electron chi connectivity index (χ1n) is 15.1. The molecule has 0 radical (unpaired) electrons. The standard InChI is InChI=1S/C37H38N2O5/c1-24-25(2)34(42-23-28-21-38(4)33-16-10-11-17-35(33)44-28)19-18-29(24)37(41)39-26(3)31(30-14-8-9-15-32(30)39)20-36(40)43-22-27-12-6-5-7-13-27/h5-19,26,28,31H,20-23H2,1-4H3/t26?,28-,31?/m0/s1. The van der Waals surface area contributed by atoms with Crippen molar-refractivity contribution < 1.29 is 23.8 Å². The van der Waals surface area contributed by atoms with Gasteiger partial charge in [-0.3, -0.25) is 9.59 Å². The van der Waals surface area contributed by atoms with Gasteiger partial charge in [0.15, 0.2) is 0 Å². The summed E-state index contributed by atoms with van der Waals surface area (Å²) in [6, 6.07) is 29.0. The molecule has 44 heavy (non-hydrogen) atoms. The Hall–Kier alpha value is -4.78. The zero-order valence-corrected chi connectivity index (χ0v) is 25.7. The number of ether oxygens (including phenoxy) is 3. The predicted molar refractivity (Wildman–Crippen MR) is 172 cm³/mol. The fourth-order valence-electron chi connectivity index (χ4n) is 6.31. The van der Waals surface area contributed by atoms with Gasteiger partial charge in [0.1, 0.15) is 30.8 Å². The van der Waals surface area contributed by atoms with Crippen LogP contribution >= 0.6 is 0 Å². The first kappa shape index (κ1) is 29.3. The van der Waals surface area contributed by atoms with Crippen LogP contribution in [0.25, 0.3) is 0 Å². The van der Waals surface area contributed by atoms with Crippen LogP contribution in [0.2, 0.25) is 0 Å². The third kappa shape index (κ3) is 5.74. The number of amides is 1. The normalized spacial score (nSPS) is 18.7. The third-order valence-electron chi connectivity index (χ3n) is 8.87. The van der Waals surface area contributed by atoms with E-state index >= 15 is 0 Å². The first-order valence-corrected chi connectivity index (χ1v) is 15.1. The smallest absolute Gasteiger partial charge is 0.306 e. The Morgan fingerprint density at radius 1 is 0.864 bits per heavy atom. The monoisotopic (exact) mass is 590 g/mol. The predicted octanol–water partition coefficient (Wildman–Crippen LogP) is 6.85. The quantitative estimate of drug-likeness (QED) is 0.209. The number of anilines is 2. The van der Waals surface area contributed by atoms with Crippen LogP contribution in [-0.4, -0.2) is 44.2 Å². The van der Waals surface area contributed by atoms with Crippen molar-refractivity contribution >= 4 is 23.3 Å². The fourth-order valence-corrected chi connectivity index (χ4v) is 6.31. The molecule has 0 aliphatic carbocycles. The van der Waals surface area contributed by atoms with Crippen LogP contribution in [0.4, 0.5) is 11.4 Å². The van der Waals surface area contributed by atoms with Crippen molar-refractivity contribution in [2.24, 2.45) is 0 Å². The molecule has 0 spiro atoms. The lowest BCUT2D eigenvalue weighted by Gasteiger charge is -2.33. The molecular weight excluding hydrogens is 552 g/mol. The molecule has 226 valence electrons. The minimum absolute atomic E-state index is 0.0916. The maximum atomic E-state index is 14.1. The summed E-state index contributed by atoms with van der Waals surface area (Å²) in [5, 5.41) is 0. The lowest BCUT2D eigenvalue weighted by molar-refractivity contribution is -0.145. The highest BCUT2D eigenvalue weighted by Crippen LogP contribution is 2.44. The Kier molecular flexibility index (Phi) is 8.29. The van der Waals surface area contributed by atoms with Crippen molar-refractivity contribution in [2.75, 3.05) is 30.0 Å². The Morgan fingerprint density at radius 3 is 2.36 bits per heavy atom. The van der Waals surface area contributed by atoms with Gasteiger partial charge >= 0.3 is 5.97 Å². The lowest BCUT2D eigenvalue weighted by Crippen LogP contribution is -2.41. The summed E-state index contributed by atoms with van der Waals surface area (Å²) < 4.78 is 18.0. The number of nitrogens with zero attached hydrogens (tertiary/aromatic N) is 2. The number of likely N-dealkylation sites (N-methyl/N-ethyl adjacent to an activating group) is 1. The van der Waals surface area contributed by atoms with Crippen LogP contribution in [0, 0.1) is 13.8 Å². The summed E-state index contributed by atoms with van der Waals surface area (Å²) in [4.78, 5) is 31.1. The summed E-state index contributed by atoms with van der Waals surface area (Å²) in [6.07, 6.45) is 0.0804. The van der Waals surface area contributed by atoms with E-state index < -0.39 is 0 Å². The Labute approximate surface area is 259 Å². The van der Waals surface area contributed by atoms with Gasteiger partial charge in [-0.05, 0) is 73.4 Å². The SMILES string of the molecule is Cc1c(OC[C@@H]2CN(C)c3ccccc3O2)ccc(C(=O)N2c3ccccc3C(CC(=O)OCc3ccccc3)C2C)c1C. The second kappa shape index (κ2) is 12.4. The van der Waals surface area contributed by atoms with Gasteiger partial charge in [0.05, 0.1) is 18.7 Å². The zero-order valence-electron chi connectivity index (χ0n) is 25.7. The molecule has 0 fully saturated rings. The number of fused-ring (bicyclic) bond motifs is 2. The maximum Gasteiger partial charge on any atom is 0.306 e. The van der Waals surface area contributed by atoms with Crippen LogP contribution in [0.1, 0.15) is 51.9 Å². The summed E-state index contributed by atoms with van der Waals surface area (Å²) in [6.45, 7) is 7.30. The van der Waals surface area contributed by atoms with E-state index in [0.29, 0.717) is 12.2 Å². The van der Waals surface area contributed by atoms with E-state index in [2.05, 4.69) is 18.0 Å². The third-order valence-corrected chi connectivity index (χ3v) is 8.87. The summed E-state index contributed by atoms with van der Waals surface area (Å²) in [5.41, 5.74) is 6.24. The van der Waals surface area contributed by atoms with Gasteiger partial charge in [-0.15, -0.1) is 0 Å². The van der Waals surface area contributed by atoms with Crippen molar-refractivity contribution in [2.45, 2.75) is 51.9 Å². The molecule has 7 nitrogen and oxygen atoms in total. The number of benzene rings is 4. The molecule has 0 saturated carbocycles. The fraction of sp³-hybridized carbons (Fsp3) is 0.297. The molecule has 3 atom stereocenters. The van der Waals surface area contributed by atoms with Gasteiger partial charge in [-0.2, -0.15) is 0 Å². The molecule has 0 aromatic heterocycles. The van der Waals surface area contributed by atoms with Crippen LogP contribution in [0.15, 0.2) is 91.0 Å². The van der Waals surface area contributed by atoms with E-state index in [4.69, 9.17) is 14.2 Å². The number of para-hydroxylation sites is 3. The average Bonchev–Trinajstić information content (AvgIpc) is 3.31. The topological polar surface area (TPSA) is 68.3 Å². The van der Waals surface area contributed by atoms with Gasteiger partial charge < -0.3 is 24.0 Å². The van der Waals surface area contributed by atoms with Gasteiger partial charge in [0.2, 0.25) is 0 Å². The number of carbonyl (C=O) groups is 2. The number of hydrogen-bond donors (Lipinski definition) is 0. The molecule has 6 rings (SSSR count). The first-order chi connectivity index (χ1) is 21.3.